The van der Waals surface area contributed by atoms with Crippen molar-refractivity contribution in [1.29, 1.82) is 0 Å². The van der Waals surface area contributed by atoms with Crippen LogP contribution in [0.25, 0.3) is 0 Å². The maximum Gasteiger partial charge on any atom is 0.323 e. The van der Waals surface area contributed by atoms with E-state index in [2.05, 4.69) is 30.0 Å². The minimum absolute atomic E-state index is 0.0121. The number of ether oxygens (including phenoxy) is 3. The van der Waals surface area contributed by atoms with E-state index in [-0.39, 0.29) is 37.6 Å². The summed E-state index contributed by atoms with van der Waals surface area (Å²) in [5.41, 5.74) is 0. The van der Waals surface area contributed by atoms with Gasteiger partial charge in [0, 0.05) is 6.42 Å². The predicted molar refractivity (Wildman–Crippen MR) is 71.0 cm³/mol. The summed E-state index contributed by atoms with van der Waals surface area (Å²) in [4.78, 5) is 33.0. The van der Waals surface area contributed by atoms with Gasteiger partial charge in [0.05, 0.1) is 31.1 Å². The molecule has 0 aliphatic rings. The van der Waals surface area contributed by atoms with E-state index in [0.717, 1.165) is 0 Å². The molecule has 0 fully saturated rings. The molecule has 1 atom stereocenters. The highest BCUT2D eigenvalue weighted by molar-refractivity contribution is 7.81. The van der Waals surface area contributed by atoms with Gasteiger partial charge < -0.3 is 19.3 Å². The Balaban J connectivity index is 4.12. The van der Waals surface area contributed by atoms with Crippen LogP contribution in [0.4, 0.5) is 0 Å². The maximum absolute atomic E-state index is 11.2. The highest BCUT2D eigenvalue weighted by Gasteiger charge is 2.17. The van der Waals surface area contributed by atoms with Gasteiger partial charge in [-0.2, -0.15) is 25.3 Å². The molecule has 1 unspecified atom stereocenters. The van der Waals surface area contributed by atoms with E-state index in [1.165, 1.54) is 0 Å². The molecule has 0 amide bonds. The Bertz CT molecular complexity index is 308. The van der Waals surface area contributed by atoms with Crippen molar-refractivity contribution in [2.24, 2.45) is 0 Å². The van der Waals surface area contributed by atoms with Gasteiger partial charge in [0.25, 0.3) is 0 Å². The van der Waals surface area contributed by atoms with Crippen LogP contribution in [0.15, 0.2) is 0 Å². The molecule has 9 heteroatoms. The molecule has 0 rings (SSSR count). The van der Waals surface area contributed by atoms with Gasteiger partial charge in [-0.1, -0.05) is 0 Å². The molecular weight excluding hydrogens is 296 g/mol. The Hall–Kier alpha value is -0.770. The van der Waals surface area contributed by atoms with Crippen molar-refractivity contribution in [1.82, 2.24) is 0 Å². The molecule has 1 N–H and O–H groups in total. The largest absolute Gasteiger partial charge is 0.435 e. The Morgan fingerprint density at radius 2 is 1.68 bits per heavy atom. The normalized spacial score (nSPS) is 11.7. The standard InChI is InChI=1S/C10H16O7S2/c11-3-4-15-10(17-9(14)6-19)2-1-7(12)16-8(13)5-18/h10-11,18-19H,1-6H2. The SMILES string of the molecule is O=C(CS)OC(=O)CCC(OCCO)OC(=O)CS. The lowest BCUT2D eigenvalue weighted by atomic mass is 10.3. The van der Waals surface area contributed by atoms with Crippen LogP contribution in [0.5, 0.6) is 0 Å². The molecule has 7 nitrogen and oxygen atoms in total. The van der Waals surface area contributed by atoms with Crippen LogP contribution in [0.2, 0.25) is 0 Å². The quantitative estimate of drug-likeness (QED) is 0.230. The van der Waals surface area contributed by atoms with Gasteiger partial charge in [0.2, 0.25) is 6.29 Å². The van der Waals surface area contributed by atoms with Crippen LogP contribution in [0.3, 0.4) is 0 Å². The second kappa shape index (κ2) is 11.1. The number of carbonyl (C=O) groups excluding carboxylic acids is 3. The number of aliphatic hydroxyl groups is 1. The summed E-state index contributed by atoms with van der Waals surface area (Å²) < 4.78 is 14.2. The lowest BCUT2D eigenvalue weighted by Gasteiger charge is -2.17. The molecule has 19 heavy (non-hydrogen) atoms. The zero-order chi connectivity index (χ0) is 14.7. The highest BCUT2D eigenvalue weighted by Crippen LogP contribution is 2.07. The second-order valence-electron chi connectivity index (χ2n) is 3.21. The van der Waals surface area contributed by atoms with Crippen molar-refractivity contribution >= 4 is 43.2 Å². The number of aliphatic hydroxyl groups excluding tert-OH is 1. The Morgan fingerprint density at radius 3 is 2.21 bits per heavy atom. The average molecular weight is 312 g/mol. The molecule has 0 aromatic heterocycles. The van der Waals surface area contributed by atoms with Crippen LogP contribution < -0.4 is 0 Å². The fraction of sp³-hybridized carbons (Fsp3) is 0.700. The molecule has 0 bridgehead atoms. The van der Waals surface area contributed by atoms with E-state index < -0.39 is 24.2 Å². The van der Waals surface area contributed by atoms with E-state index >= 15 is 0 Å². The molecule has 0 radical (unpaired) electrons. The van der Waals surface area contributed by atoms with Gasteiger partial charge >= 0.3 is 17.9 Å². The van der Waals surface area contributed by atoms with Crippen molar-refractivity contribution < 1.29 is 33.7 Å². The number of esters is 3. The van der Waals surface area contributed by atoms with Crippen molar-refractivity contribution in [3.8, 4) is 0 Å². The summed E-state index contributed by atoms with van der Waals surface area (Å²) in [5, 5.41) is 8.61. The first kappa shape index (κ1) is 18.2. The number of thiol groups is 2. The molecular formula is C10H16O7S2. The minimum Gasteiger partial charge on any atom is -0.435 e. The van der Waals surface area contributed by atoms with Crippen molar-refractivity contribution in [2.45, 2.75) is 19.1 Å². The van der Waals surface area contributed by atoms with Crippen molar-refractivity contribution in [3.63, 3.8) is 0 Å². The maximum atomic E-state index is 11.2. The zero-order valence-corrected chi connectivity index (χ0v) is 11.9. The van der Waals surface area contributed by atoms with Crippen LogP contribution in [0, 0.1) is 0 Å². The van der Waals surface area contributed by atoms with Gasteiger partial charge in [-0.3, -0.25) is 14.4 Å². The number of carbonyl (C=O) groups is 3. The minimum atomic E-state index is -0.995. The van der Waals surface area contributed by atoms with E-state index in [0.29, 0.717) is 0 Å². The van der Waals surface area contributed by atoms with Crippen LogP contribution in [-0.4, -0.2) is 54.0 Å². The molecule has 0 spiro atoms. The average Bonchev–Trinajstić information content (AvgIpc) is 2.41. The molecule has 0 aliphatic heterocycles. The molecule has 0 aromatic rings. The van der Waals surface area contributed by atoms with Gasteiger partial charge in [-0.25, -0.2) is 0 Å². The molecule has 0 saturated heterocycles. The third-order valence-corrected chi connectivity index (χ3v) is 2.24. The molecule has 0 saturated carbocycles. The lowest BCUT2D eigenvalue weighted by molar-refractivity contribution is -0.181. The van der Waals surface area contributed by atoms with Crippen LogP contribution in [0.1, 0.15) is 12.8 Å². The first-order valence-corrected chi connectivity index (χ1v) is 6.67. The summed E-state index contributed by atoms with van der Waals surface area (Å²) in [6, 6.07) is 0. The molecule has 110 valence electrons. The zero-order valence-electron chi connectivity index (χ0n) is 10.1. The summed E-state index contributed by atoms with van der Waals surface area (Å²) in [5.74, 6) is -2.48. The van der Waals surface area contributed by atoms with E-state index in [1.807, 2.05) is 0 Å². The van der Waals surface area contributed by atoms with Gasteiger partial charge in [0.15, 0.2) is 0 Å². The van der Waals surface area contributed by atoms with Crippen LogP contribution >= 0.6 is 25.3 Å². The molecule has 0 heterocycles. The third-order valence-electron chi connectivity index (χ3n) is 1.73. The number of rotatable bonds is 9. The first-order chi connectivity index (χ1) is 9.03. The number of hydrogen-bond donors (Lipinski definition) is 3. The van der Waals surface area contributed by atoms with E-state index in [4.69, 9.17) is 14.6 Å². The van der Waals surface area contributed by atoms with Gasteiger partial charge in [0.1, 0.15) is 0 Å². The Morgan fingerprint density at radius 1 is 1.05 bits per heavy atom. The lowest BCUT2D eigenvalue weighted by Crippen LogP contribution is -2.25. The molecule has 0 aromatic carbocycles. The number of hydrogen-bond acceptors (Lipinski definition) is 9. The summed E-state index contributed by atoms with van der Waals surface area (Å²) in [6.07, 6.45) is -1.15. The Labute approximate surface area is 121 Å². The van der Waals surface area contributed by atoms with Gasteiger partial charge in [-0.05, 0) is 0 Å². The summed E-state index contributed by atoms with van der Waals surface area (Å²) in [6.45, 7) is -0.299. The topological polar surface area (TPSA) is 99.1 Å². The monoisotopic (exact) mass is 312 g/mol. The highest BCUT2D eigenvalue weighted by atomic mass is 32.1. The summed E-state index contributed by atoms with van der Waals surface area (Å²) >= 11 is 7.37. The Kier molecular flexibility index (Phi) is 10.6. The van der Waals surface area contributed by atoms with E-state index in [9.17, 15) is 14.4 Å². The van der Waals surface area contributed by atoms with Gasteiger partial charge in [-0.15, -0.1) is 0 Å². The van der Waals surface area contributed by atoms with E-state index in [1.54, 1.807) is 0 Å². The second-order valence-corrected chi connectivity index (χ2v) is 3.85. The van der Waals surface area contributed by atoms with Crippen molar-refractivity contribution in [3.05, 3.63) is 0 Å². The molecule has 0 aliphatic carbocycles. The predicted octanol–water partition coefficient (Wildman–Crippen LogP) is -0.426. The van der Waals surface area contributed by atoms with Crippen molar-refractivity contribution in [2.75, 3.05) is 24.7 Å². The fourth-order valence-electron chi connectivity index (χ4n) is 0.990. The smallest absolute Gasteiger partial charge is 0.323 e. The third kappa shape index (κ3) is 9.77. The van der Waals surface area contributed by atoms with Crippen LogP contribution in [-0.2, 0) is 28.6 Å². The summed E-state index contributed by atoms with van der Waals surface area (Å²) in [7, 11) is 0. The fourth-order valence-corrected chi connectivity index (χ4v) is 1.13. The first-order valence-electron chi connectivity index (χ1n) is 5.40.